The molecule has 4 rings (SSSR count). The monoisotopic (exact) mass is 355 g/mol. The van der Waals surface area contributed by atoms with Gasteiger partial charge in [0.05, 0.1) is 0 Å². The van der Waals surface area contributed by atoms with Crippen LogP contribution in [0.5, 0.6) is 0 Å². The first-order chi connectivity index (χ1) is 12.5. The first kappa shape index (κ1) is 17.1. The zero-order chi connectivity index (χ0) is 18.3. The van der Waals surface area contributed by atoms with Gasteiger partial charge < -0.3 is 10.2 Å². The molecule has 6 heteroatoms. The molecular formula is C20H25N3O3. The van der Waals surface area contributed by atoms with Crippen molar-refractivity contribution >= 4 is 17.8 Å². The molecule has 1 aromatic rings. The Hall–Kier alpha value is -2.37. The molecule has 0 radical (unpaired) electrons. The maximum Gasteiger partial charge on any atom is 0.325 e. The minimum Gasteiger partial charge on any atom is -0.338 e. The number of benzene rings is 1. The Labute approximate surface area is 153 Å². The average molecular weight is 355 g/mol. The van der Waals surface area contributed by atoms with Crippen molar-refractivity contribution in [3.8, 4) is 0 Å². The summed E-state index contributed by atoms with van der Waals surface area (Å²) in [6.45, 7) is 2.59. The van der Waals surface area contributed by atoms with E-state index in [9.17, 15) is 14.4 Å². The van der Waals surface area contributed by atoms with Gasteiger partial charge in [-0.05, 0) is 50.2 Å². The molecule has 138 valence electrons. The Morgan fingerprint density at radius 2 is 2.00 bits per heavy atom. The number of amides is 4. The minimum atomic E-state index is -0.890. The molecule has 0 bridgehead atoms. The maximum atomic E-state index is 13.1. The van der Waals surface area contributed by atoms with Crippen LogP contribution in [0.25, 0.3) is 0 Å². The standard InChI is InChI=1S/C20H25N3O3/c1-14-6-4-5-11-22(14)17(24)13-23-18(25)20(21-19(23)26)10-9-15-7-2-3-8-16(15)12-20/h2-3,7-8,14H,4-6,9-13H2,1H3,(H,21,26)/t14-,20+/m0/s1. The van der Waals surface area contributed by atoms with Crippen LogP contribution in [-0.2, 0) is 22.4 Å². The lowest BCUT2D eigenvalue weighted by molar-refractivity contribution is -0.141. The van der Waals surface area contributed by atoms with E-state index in [2.05, 4.69) is 11.4 Å². The van der Waals surface area contributed by atoms with Gasteiger partial charge in [-0.3, -0.25) is 14.5 Å². The van der Waals surface area contributed by atoms with Crippen molar-refractivity contribution in [1.82, 2.24) is 15.1 Å². The predicted molar refractivity (Wildman–Crippen MR) is 96.5 cm³/mol. The number of fused-ring (bicyclic) bond motifs is 1. The van der Waals surface area contributed by atoms with Gasteiger partial charge in [-0.15, -0.1) is 0 Å². The van der Waals surface area contributed by atoms with Gasteiger partial charge in [-0.1, -0.05) is 24.3 Å². The average Bonchev–Trinajstić information content (AvgIpc) is 2.86. The highest BCUT2D eigenvalue weighted by Gasteiger charge is 2.52. The fourth-order valence-electron chi connectivity index (χ4n) is 4.54. The van der Waals surface area contributed by atoms with E-state index in [-0.39, 0.29) is 24.4 Å². The van der Waals surface area contributed by atoms with E-state index in [1.807, 2.05) is 30.0 Å². The number of nitrogens with zero attached hydrogens (tertiary/aromatic N) is 2. The molecule has 1 aromatic carbocycles. The summed E-state index contributed by atoms with van der Waals surface area (Å²) in [5, 5.41) is 2.90. The molecule has 2 aliphatic heterocycles. The smallest absolute Gasteiger partial charge is 0.325 e. The molecule has 2 saturated heterocycles. The van der Waals surface area contributed by atoms with E-state index < -0.39 is 11.6 Å². The second kappa shape index (κ2) is 6.41. The Morgan fingerprint density at radius 1 is 1.23 bits per heavy atom. The van der Waals surface area contributed by atoms with E-state index >= 15 is 0 Å². The number of piperidine rings is 1. The van der Waals surface area contributed by atoms with Gasteiger partial charge in [-0.2, -0.15) is 0 Å². The van der Waals surface area contributed by atoms with E-state index in [1.54, 1.807) is 0 Å². The summed E-state index contributed by atoms with van der Waals surface area (Å²) in [7, 11) is 0. The third-order valence-electron chi connectivity index (χ3n) is 6.09. The largest absolute Gasteiger partial charge is 0.338 e. The van der Waals surface area contributed by atoms with Gasteiger partial charge >= 0.3 is 6.03 Å². The lowest BCUT2D eigenvalue weighted by atomic mass is 9.78. The second-order valence-electron chi connectivity index (χ2n) is 7.78. The lowest BCUT2D eigenvalue weighted by Crippen LogP contribution is -2.52. The number of carbonyl (C=O) groups is 3. The van der Waals surface area contributed by atoms with Crippen LogP contribution in [0.3, 0.4) is 0 Å². The Bertz CT molecular complexity index is 762. The molecule has 1 spiro atoms. The molecule has 0 aromatic heterocycles. The molecule has 1 N–H and O–H groups in total. The number of aryl methyl sites for hydroxylation is 1. The summed E-state index contributed by atoms with van der Waals surface area (Å²) in [4.78, 5) is 41.2. The van der Waals surface area contributed by atoms with E-state index in [1.165, 1.54) is 5.56 Å². The van der Waals surface area contributed by atoms with Gasteiger partial charge in [0.15, 0.2) is 0 Å². The summed E-state index contributed by atoms with van der Waals surface area (Å²) in [5.74, 6) is -0.385. The second-order valence-corrected chi connectivity index (χ2v) is 7.78. The third-order valence-corrected chi connectivity index (χ3v) is 6.09. The molecule has 2 fully saturated rings. The topological polar surface area (TPSA) is 69.7 Å². The Morgan fingerprint density at radius 3 is 2.77 bits per heavy atom. The molecule has 6 nitrogen and oxygen atoms in total. The summed E-state index contributed by atoms with van der Waals surface area (Å²) in [5.41, 5.74) is 1.45. The number of rotatable bonds is 2. The minimum absolute atomic E-state index is 0.131. The Balaban J connectivity index is 1.50. The molecule has 26 heavy (non-hydrogen) atoms. The third kappa shape index (κ3) is 2.77. The molecule has 1 aliphatic carbocycles. The molecular weight excluding hydrogens is 330 g/mol. The SMILES string of the molecule is C[C@H]1CCCCN1C(=O)CN1C(=O)N[C@@]2(CCc3ccccc3C2)C1=O. The first-order valence-corrected chi connectivity index (χ1v) is 9.50. The fourth-order valence-corrected chi connectivity index (χ4v) is 4.54. The molecule has 2 atom stereocenters. The van der Waals surface area contributed by atoms with Crippen LogP contribution in [-0.4, -0.2) is 52.3 Å². The lowest BCUT2D eigenvalue weighted by Gasteiger charge is -2.34. The van der Waals surface area contributed by atoms with Crippen molar-refractivity contribution in [3.63, 3.8) is 0 Å². The van der Waals surface area contributed by atoms with Gasteiger partial charge in [0.2, 0.25) is 5.91 Å². The highest BCUT2D eigenvalue weighted by Crippen LogP contribution is 2.33. The summed E-state index contributed by atoms with van der Waals surface area (Å²) >= 11 is 0. The molecule has 0 saturated carbocycles. The maximum absolute atomic E-state index is 13.1. The van der Waals surface area contributed by atoms with Crippen molar-refractivity contribution in [2.45, 2.75) is 57.0 Å². The quantitative estimate of drug-likeness (QED) is 0.824. The van der Waals surface area contributed by atoms with Gasteiger partial charge in [0.1, 0.15) is 12.1 Å². The number of likely N-dealkylation sites (tertiary alicyclic amines) is 1. The number of hydrogen-bond donors (Lipinski definition) is 1. The number of urea groups is 1. The zero-order valence-corrected chi connectivity index (χ0v) is 15.2. The highest BCUT2D eigenvalue weighted by molar-refractivity contribution is 6.09. The molecule has 2 heterocycles. The van der Waals surface area contributed by atoms with Crippen molar-refractivity contribution in [3.05, 3.63) is 35.4 Å². The van der Waals surface area contributed by atoms with Crippen molar-refractivity contribution < 1.29 is 14.4 Å². The van der Waals surface area contributed by atoms with E-state index in [0.29, 0.717) is 19.4 Å². The molecule has 4 amide bonds. The highest BCUT2D eigenvalue weighted by atomic mass is 16.2. The Kier molecular flexibility index (Phi) is 4.21. The summed E-state index contributed by atoms with van der Waals surface area (Å²) < 4.78 is 0. The molecule has 3 aliphatic rings. The van der Waals surface area contributed by atoms with Crippen LogP contribution in [0.1, 0.15) is 43.7 Å². The summed E-state index contributed by atoms with van der Waals surface area (Å²) in [6.07, 6.45) is 4.92. The number of hydrogen-bond acceptors (Lipinski definition) is 3. The van der Waals surface area contributed by atoms with E-state index in [0.717, 1.165) is 36.1 Å². The van der Waals surface area contributed by atoms with Gasteiger partial charge in [0.25, 0.3) is 5.91 Å². The van der Waals surface area contributed by atoms with Crippen molar-refractivity contribution in [1.29, 1.82) is 0 Å². The van der Waals surface area contributed by atoms with Crippen LogP contribution in [0, 0.1) is 0 Å². The van der Waals surface area contributed by atoms with Crippen molar-refractivity contribution in [2.24, 2.45) is 0 Å². The van der Waals surface area contributed by atoms with Gasteiger partial charge in [-0.25, -0.2) is 4.79 Å². The van der Waals surface area contributed by atoms with Crippen LogP contribution in [0.4, 0.5) is 4.79 Å². The first-order valence-electron chi connectivity index (χ1n) is 9.50. The van der Waals surface area contributed by atoms with Crippen molar-refractivity contribution in [2.75, 3.05) is 13.1 Å². The van der Waals surface area contributed by atoms with Crippen LogP contribution >= 0.6 is 0 Å². The van der Waals surface area contributed by atoms with Crippen LogP contribution in [0.15, 0.2) is 24.3 Å². The van der Waals surface area contributed by atoms with Crippen LogP contribution < -0.4 is 5.32 Å². The predicted octanol–water partition coefficient (Wildman–Crippen LogP) is 1.87. The van der Waals surface area contributed by atoms with E-state index in [4.69, 9.17) is 0 Å². The number of nitrogens with one attached hydrogen (secondary N) is 1. The number of imide groups is 1. The fraction of sp³-hybridized carbons (Fsp3) is 0.550. The number of carbonyl (C=O) groups excluding carboxylic acids is 3. The van der Waals surface area contributed by atoms with Crippen LogP contribution in [0.2, 0.25) is 0 Å². The summed E-state index contributed by atoms with van der Waals surface area (Å²) in [6, 6.07) is 7.77. The normalized spacial score (nSPS) is 28.3. The molecule has 0 unspecified atom stereocenters. The zero-order valence-electron chi connectivity index (χ0n) is 15.2. The van der Waals surface area contributed by atoms with Gasteiger partial charge in [0, 0.05) is 19.0 Å².